The molecule has 0 aliphatic rings. The van der Waals surface area contributed by atoms with Crippen molar-refractivity contribution in [2.75, 3.05) is 5.32 Å². The number of furan rings is 1. The van der Waals surface area contributed by atoms with Crippen LogP contribution in [0.5, 0.6) is 0 Å². The third kappa shape index (κ3) is 4.86. The first-order valence-corrected chi connectivity index (χ1v) is 9.85. The van der Waals surface area contributed by atoms with E-state index in [1.54, 1.807) is 0 Å². The standard InChI is InChI=1S/C19H14F4N2O4S/c20-15-8-7-12(10-17(15)30(27,28)24-11-13-4-3-9-29-13)18(26)25-16-6-2-1-5-14(16)19(21,22)23/h1-10,24H,11H2,(H,25,26). The summed E-state index contributed by atoms with van der Waals surface area (Å²) in [4.78, 5) is 11.6. The Balaban J connectivity index is 1.85. The van der Waals surface area contributed by atoms with Gasteiger partial charge in [-0.15, -0.1) is 0 Å². The van der Waals surface area contributed by atoms with Crippen LogP contribution in [0.25, 0.3) is 0 Å². The monoisotopic (exact) mass is 442 g/mol. The van der Waals surface area contributed by atoms with Crippen molar-refractivity contribution in [1.29, 1.82) is 0 Å². The van der Waals surface area contributed by atoms with Crippen LogP contribution in [-0.2, 0) is 22.7 Å². The molecule has 158 valence electrons. The molecule has 0 atom stereocenters. The van der Waals surface area contributed by atoms with Crippen molar-refractivity contribution >= 4 is 21.6 Å². The molecule has 0 unspecified atom stereocenters. The number of benzene rings is 2. The van der Waals surface area contributed by atoms with E-state index in [9.17, 15) is 30.8 Å². The Morgan fingerprint density at radius 3 is 2.43 bits per heavy atom. The Hall–Kier alpha value is -3.18. The summed E-state index contributed by atoms with van der Waals surface area (Å²) in [5.74, 6) is -1.89. The molecule has 6 nitrogen and oxygen atoms in total. The molecule has 0 saturated carbocycles. The number of hydrogen-bond donors (Lipinski definition) is 2. The number of carbonyl (C=O) groups is 1. The minimum absolute atomic E-state index is 0.260. The van der Waals surface area contributed by atoms with E-state index in [0.717, 1.165) is 36.4 Å². The van der Waals surface area contributed by atoms with Crippen molar-refractivity contribution < 1.29 is 35.2 Å². The van der Waals surface area contributed by atoms with Crippen LogP contribution in [0.15, 0.2) is 70.2 Å². The van der Waals surface area contributed by atoms with E-state index in [4.69, 9.17) is 4.42 Å². The van der Waals surface area contributed by atoms with Gasteiger partial charge in [0.2, 0.25) is 10.0 Å². The van der Waals surface area contributed by atoms with E-state index in [2.05, 4.69) is 10.0 Å². The molecule has 1 amide bonds. The van der Waals surface area contributed by atoms with Gasteiger partial charge in [-0.25, -0.2) is 17.5 Å². The Kier molecular flexibility index (Phi) is 5.94. The van der Waals surface area contributed by atoms with E-state index in [0.29, 0.717) is 0 Å². The second-order valence-electron chi connectivity index (χ2n) is 6.05. The van der Waals surface area contributed by atoms with Gasteiger partial charge in [-0.2, -0.15) is 13.2 Å². The molecular formula is C19H14F4N2O4S. The lowest BCUT2D eigenvalue weighted by atomic mass is 10.1. The van der Waals surface area contributed by atoms with E-state index < -0.39 is 44.1 Å². The lowest BCUT2D eigenvalue weighted by molar-refractivity contribution is -0.136. The number of carbonyl (C=O) groups excluding carboxylic acids is 1. The van der Waals surface area contributed by atoms with Crippen molar-refractivity contribution in [3.63, 3.8) is 0 Å². The number of nitrogens with one attached hydrogen (secondary N) is 2. The van der Waals surface area contributed by atoms with Crippen LogP contribution in [0, 0.1) is 5.82 Å². The molecular weight excluding hydrogens is 428 g/mol. The summed E-state index contributed by atoms with van der Waals surface area (Å²) < 4.78 is 85.3. The molecule has 0 fully saturated rings. The number of hydrogen-bond acceptors (Lipinski definition) is 4. The molecule has 0 aliphatic heterocycles. The maximum Gasteiger partial charge on any atom is 0.418 e. The van der Waals surface area contributed by atoms with Gasteiger partial charge in [-0.1, -0.05) is 12.1 Å². The van der Waals surface area contributed by atoms with Gasteiger partial charge in [0, 0.05) is 5.56 Å². The zero-order valence-electron chi connectivity index (χ0n) is 15.0. The normalized spacial score (nSPS) is 12.0. The van der Waals surface area contributed by atoms with Crippen molar-refractivity contribution in [3.8, 4) is 0 Å². The van der Waals surface area contributed by atoms with E-state index in [1.807, 2.05) is 0 Å². The zero-order valence-corrected chi connectivity index (χ0v) is 15.9. The fraction of sp³-hybridized carbons (Fsp3) is 0.105. The van der Waals surface area contributed by atoms with Crippen LogP contribution < -0.4 is 10.0 Å². The predicted molar refractivity (Wildman–Crippen MR) is 98.5 cm³/mol. The summed E-state index contributed by atoms with van der Waals surface area (Å²) >= 11 is 0. The Morgan fingerprint density at radius 1 is 1.03 bits per heavy atom. The largest absolute Gasteiger partial charge is 0.468 e. The maximum absolute atomic E-state index is 14.1. The number of sulfonamides is 1. The SMILES string of the molecule is O=C(Nc1ccccc1C(F)(F)F)c1ccc(F)c(S(=O)(=O)NCc2ccco2)c1. The van der Waals surface area contributed by atoms with Crippen LogP contribution in [0.4, 0.5) is 23.2 Å². The highest BCUT2D eigenvalue weighted by Gasteiger charge is 2.33. The Labute approximate surface area is 168 Å². The number of halogens is 4. The molecule has 2 aromatic carbocycles. The molecule has 3 rings (SSSR count). The topological polar surface area (TPSA) is 88.4 Å². The fourth-order valence-electron chi connectivity index (χ4n) is 2.54. The molecule has 30 heavy (non-hydrogen) atoms. The number of para-hydroxylation sites is 1. The first kappa shape index (κ1) is 21.5. The summed E-state index contributed by atoms with van der Waals surface area (Å²) in [6, 6.07) is 9.77. The summed E-state index contributed by atoms with van der Waals surface area (Å²) in [6.45, 7) is -0.260. The van der Waals surface area contributed by atoms with Gasteiger partial charge in [0.15, 0.2) is 0 Å². The highest BCUT2D eigenvalue weighted by atomic mass is 32.2. The van der Waals surface area contributed by atoms with Gasteiger partial charge in [0.1, 0.15) is 16.5 Å². The van der Waals surface area contributed by atoms with E-state index in [1.165, 1.54) is 24.5 Å². The quantitative estimate of drug-likeness (QED) is 0.561. The molecule has 1 aromatic heterocycles. The molecule has 0 saturated heterocycles. The highest BCUT2D eigenvalue weighted by Crippen LogP contribution is 2.34. The maximum atomic E-state index is 14.1. The molecule has 0 bridgehead atoms. The van der Waals surface area contributed by atoms with Crippen LogP contribution >= 0.6 is 0 Å². The van der Waals surface area contributed by atoms with E-state index in [-0.39, 0.29) is 17.9 Å². The lowest BCUT2D eigenvalue weighted by Crippen LogP contribution is -2.25. The second-order valence-corrected chi connectivity index (χ2v) is 7.78. The van der Waals surface area contributed by atoms with Crippen molar-refractivity contribution in [1.82, 2.24) is 4.72 Å². The van der Waals surface area contributed by atoms with Crippen LogP contribution in [0.2, 0.25) is 0 Å². The average Bonchev–Trinajstić information content (AvgIpc) is 3.20. The number of rotatable bonds is 6. The van der Waals surface area contributed by atoms with Gasteiger partial charge in [-0.3, -0.25) is 4.79 Å². The first-order chi connectivity index (χ1) is 14.1. The molecule has 0 aliphatic carbocycles. The van der Waals surface area contributed by atoms with Crippen molar-refractivity contribution in [2.45, 2.75) is 17.6 Å². The minimum atomic E-state index is -4.71. The predicted octanol–water partition coefficient (Wildman–Crippen LogP) is 4.17. The summed E-state index contributed by atoms with van der Waals surface area (Å²) in [5.41, 5.74) is -1.93. The Morgan fingerprint density at radius 2 is 1.77 bits per heavy atom. The fourth-order valence-corrected chi connectivity index (χ4v) is 3.64. The summed E-state index contributed by atoms with van der Waals surface area (Å²) in [6.07, 6.45) is -3.38. The lowest BCUT2D eigenvalue weighted by Gasteiger charge is -2.14. The van der Waals surface area contributed by atoms with Gasteiger partial charge in [-0.05, 0) is 42.5 Å². The number of anilines is 1. The third-order valence-electron chi connectivity index (χ3n) is 3.98. The smallest absolute Gasteiger partial charge is 0.418 e. The van der Waals surface area contributed by atoms with Gasteiger partial charge >= 0.3 is 6.18 Å². The van der Waals surface area contributed by atoms with E-state index >= 15 is 0 Å². The van der Waals surface area contributed by atoms with Crippen LogP contribution in [-0.4, -0.2) is 14.3 Å². The summed E-state index contributed by atoms with van der Waals surface area (Å²) in [5, 5.41) is 2.07. The zero-order chi connectivity index (χ0) is 21.9. The van der Waals surface area contributed by atoms with Gasteiger partial charge in [0.05, 0.1) is 24.1 Å². The number of amides is 1. The van der Waals surface area contributed by atoms with Gasteiger partial charge < -0.3 is 9.73 Å². The number of alkyl halides is 3. The molecule has 2 N–H and O–H groups in total. The third-order valence-corrected chi connectivity index (χ3v) is 5.40. The summed E-state index contributed by atoms with van der Waals surface area (Å²) in [7, 11) is -4.37. The van der Waals surface area contributed by atoms with Crippen molar-refractivity contribution in [2.24, 2.45) is 0 Å². The molecule has 11 heteroatoms. The molecule has 0 radical (unpaired) electrons. The molecule has 3 aromatic rings. The first-order valence-electron chi connectivity index (χ1n) is 8.37. The second kappa shape index (κ2) is 8.28. The Bertz CT molecular complexity index is 1160. The van der Waals surface area contributed by atoms with Crippen LogP contribution in [0.1, 0.15) is 21.7 Å². The molecule has 1 heterocycles. The van der Waals surface area contributed by atoms with Crippen LogP contribution in [0.3, 0.4) is 0 Å². The minimum Gasteiger partial charge on any atom is -0.468 e. The highest BCUT2D eigenvalue weighted by molar-refractivity contribution is 7.89. The van der Waals surface area contributed by atoms with Gasteiger partial charge in [0.25, 0.3) is 5.91 Å². The molecule has 0 spiro atoms. The average molecular weight is 442 g/mol. The van der Waals surface area contributed by atoms with Crippen molar-refractivity contribution in [3.05, 3.63) is 83.6 Å².